The Balaban J connectivity index is 1.62. The number of amides is 3. The lowest BCUT2D eigenvalue weighted by molar-refractivity contribution is -0.110. The number of nitrogens with one attached hydrogen (secondary N) is 3. The van der Waals surface area contributed by atoms with Crippen LogP contribution in [0, 0.1) is 0 Å². The fourth-order valence-electron chi connectivity index (χ4n) is 4.97. The predicted octanol–water partition coefficient (Wildman–Crippen LogP) is 5.56. The van der Waals surface area contributed by atoms with Crippen molar-refractivity contribution < 1.29 is 14.4 Å². The first-order valence-corrected chi connectivity index (χ1v) is 14.7. The summed E-state index contributed by atoms with van der Waals surface area (Å²) >= 11 is 0. The standard InChI is InChI=1S/C34H41N5O3/c1-5-8-21-38(4)34(42)26-16-19-29-28(23-26)30(33(41)37-29)31(24-12-10-9-11-13-24)36-27-17-14-25(15-18-27)32(40)35-20-22-39(6-2)7-3/h9-19,23,36H,5-8,20-22H2,1-4H3,(H,35,40)(H,37,41). The van der Waals surface area contributed by atoms with Crippen molar-refractivity contribution in [2.75, 3.05) is 50.4 Å². The third kappa shape index (κ3) is 7.25. The second-order valence-electron chi connectivity index (χ2n) is 10.4. The lowest BCUT2D eigenvalue weighted by Crippen LogP contribution is -2.34. The second-order valence-corrected chi connectivity index (χ2v) is 10.4. The molecule has 0 saturated carbocycles. The molecule has 42 heavy (non-hydrogen) atoms. The molecule has 0 radical (unpaired) electrons. The van der Waals surface area contributed by atoms with Gasteiger partial charge >= 0.3 is 0 Å². The molecule has 0 unspecified atom stereocenters. The molecule has 220 valence electrons. The number of carbonyl (C=O) groups is 3. The number of anilines is 2. The van der Waals surface area contributed by atoms with E-state index in [4.69, 9.17) is 0 Å². The summed E-state index contributed by atoms with van der Waals surface area (Å²) in [6.07, 6.45) is 1.93. The Morgan fingerprint density at radius 2 is 1.52 bits per heavy atom. The SMILES string of the molecule is CCCCN(C)C(=O)c1ccc2c(c1)C(=C(Nc1ccc(C(=O)NCCN(CC)CC)cc1)c1ccccc1)C(=O)N2. The van der Waals surface area contributed by atoms with Crippen LogP contribution >= 0.6 is 0 Å². The van der Waals surface area contributed by atoms with E-state index in [1.54, 1.807) is 42.3 Å². The van der Waals surface area contributed by atoms with E-state index < -0.39 is 0 Å². The minimum atomic E-state index is -0.246. The van der Waals surface area contributed by atoms with Crippen LogP contribution in [0.15, 0.2) is 72.8 Å². The molecule has 3 N–H and O–H groups in total. The second kappa shape index (κ2) is 14.5. The molecule has 3 aromatic rings. The highest BCUT2D eigenvalue weighted by atomic mass is 16.2. The molecule has 0 aliphatic carbocycles. The summed E-state index contributed by atoms with van der Waals surface area (Å²) < 4.78 is 0. The molecular formula is C34H41N5O3. The zero-order chi connectivity index (χ0) is 30.1. The van der Waals surface area contributed by atoms with Gasteiger partial charge in [0.15, 0.2) is 0 Å². The largest absolute Gasteiger partial charge is 0.354 e. The number of nitrogens with zero attached hydrogens (tertiary/aromatic N) is 2. The van der Waals surface area contributed by atoms with Gasteiger partial charge in [-0.1, -0.05) is 57.5 Å². The number of rotatable bonds is 13. The van der Waals surface area contributed by atoms with Crippen molar-refractivity contribution in [1.29, 1.82) is 0 Å². The van der Waals surface area contributed by atoms with E-state index in [9.17, 15) is 14.4 Å². The lowest BCUT2D eigenvalue weighted by Gasteiger charge is -2.18. The van der Waals surface area contributed by atoms with Gasteiger partial charge in [0.1, 0.15) is 0 Å². The fraction of sp³-hybridized carbons (Fsp3) is 0.324. The molecule has 0 aromatic heterocycles. The number of hydrogen-bond donors (Lipinski definition) is 3. The Morgan fingerprint density at radius 3 is 2.19 bits per heavy atom. The van der Waals surface area contributed by atoms with Crippen LogP contribution in [0.4, 0.5) is 11.4 Å². The van der Waals surface area contributed by atoms with Gasteiger partial charge in [0, 0.05) is 54.7 Å². The van der Waals surface area contributed by atoms with Crippen molar-refractivity contribution in [3.8, 4) is 0 Å². The molecule has 0 saturated heterocycles. The Kier molecular flexibility index (Phi) is 10.5. The van der Waals surface area contributed by atoms with Crippen LogP contribution < -0.4 is 16.0 Å². The van der Waals surface area contributed by atoms with E-state index >= 15 is 0 Å². The van der Waals surface area contributed by atoms with Crippen LogP contribution in [0.3, 0.4) is 0 Å². The summed E-state index contributed by atoms with van der Waals surface area (Å²) in [5.74, 6) is -0.449. The van der Waals surface area contributed by atoms with Crippen LogP contribution in [0.2, 0.25) is 0 Å². The summed E-state index contributed by atoms with van der Waals surface area (Å²) in [6.45, 7) is 10.3. The van der Waals surface area contributed by atoms with Crippen LogP contribution in [0.25, 0.3) is 11.3 Å². The summed E-state index contributed by atoms with van der Waals surface area (Å²) in [4.78, 5) is 43.2. The highest BCUT2D eigenvalue weighted by molar-refractivity contribution is 6.37. The predicted molar refractivity (Wildman–Crippen MR) is 170 cm³/mol. The molecule has 3 aromatic carbocycles. The van der Waals surface area contributed by atoms with E-state index in [0.717, 1.165) is 43.7 Å². The van der Waals surface area contributed by atoms with Crippen molar-refractivity contribution in [2.45, 2.75) is 33.6 Å². The van der Waals surface area contributed by atoms with E-state index in [0.29, 0.717) is 46.7 Å². The Bertz CT molecular complexity index is 1430. The number of benzene rings is 3. The molecular weight excluding hydrogens is 526 g/mol. The maximum Gasteiger partial charge on any atom is 0.258 e. The number of unbranched alkanes of at least 4 members (excludes halogenated alkanes) is 1. The summed E-state index contributed by atoms with van der Waals surface area (Å²) in [7, 11) is 1.80. The topological polar surface area (TPSA) is 93.8 Å². The Morgan fingerprint density at radius 1 is 0.833 bits per heavy atom. The minimum Gasteiger partial charge on any atom is -0.354 e. The van der Waals surface area contributed by atoms with Gasteiger partial charge in [-0.05, 0) is 67.5 Å². The van der Waals surface area contributed by atoms with Crippen LogP contribution in [-0.4, -0.2) is 67.3 Å². The molecule has 4 rings (SSSR count). The van der Waals surface area contributed by atoms with E-state index in [1.807, 2.05) is 42.5 Å². The third-order valence-corrected chi connectivity index (χ3v) is 7.54. The number of fused-ring (bicyclic) bond motifs is 1. The van der Waals surface area contributed by atoms with E-state index in [2.05, 4.69) is 41.6 Å². The highest BCUT2D eigenvalue weighted by Gasteiger charge is 2.30. The average molecular weight is 568 g/mol. The maximum absolute atomic E-state index is 13.4. The van der Waals surface area contributed by atoms with Crippen LogP contribution in [0.5, 0.6) is 0 Å². The van der Waals surface area contributed by atoms with Gasteiger partial charge in [-0.3, -0.25) is 14.4 Å². The average Bonchev–Trinajstić information content (AvgIpc) is 3.35. The van der Waals surface area contributed by atoms with Crippen LogP contribution in [0.1, 0.15) is 65.5 Å². The molecule has 1 heterocycles. The first-order chi connectivity index (χ1) is 20.4. The molecule has 8 heteroatoms. The highest BCUT2D eigenvalue weighted by Crippen LogP contribution is 2.38. The summed E-state index contributed by atoms with van der Waals surface area (Å²) in [5, 5.41) is 9.37. The lowest BCUT2D eigenvalue weighted by atomic mass is 9.98. The van der Waals surface area contributed by atoms with Crippen molar-refractivity contribution in [3.05, 3.63) is 95.1 Å². The van der Waals surface area contributed by atoms with Crippen molar-refractivity contribution in [3.63, 3.8) is 0 Å². The zero-order valence-electron chi connectivity index (χ0n) is 25.0. The fourth-order valence-corrected chi connectivity index (χ4v) is 4.97. The molecule has 0 bridgehead atoms. The van der Waals surface area contributed by atoms with Gasteiger partial charge in [0.05, 0.1) is 11.3 Å². The molecule has 3 amide bonds. The number of carbonyl (C=O) groups excluding carboxylic acids is 3. The van der Waals surface area contributed by atoms with Crippen molar-refractivity contribution >= 4 is 40.4 Å². The molecule has 1 aliphatic rings. The molecule has 1 aliphatic heterocycles. The number of hydrogen-bond acceptors (Lipinski definition) is 5. The first-order valence-electron chi connectivity index (χ1n) is 14.7. The third-order valence-electron chi connectivity index (χ3n) is 7.54. The Labute approximate surface area is 248 Å². The number of likely N-dealkylation sites (N-methyl/N-ethyl adjacent to an activating group) is 1. The van der Waals surface area contributed by atoms with Crippen molar-refractivity contribution in [1.82, 2.24) is 15.1 Å². The summed E-state index contributed by atoms with van der Waals surface area (Å²) in [5.41, 5.74) is 5.06. The maximum atomic E-state index is 13.4. The quantitative estimate of drug-likeness (QED) is 0.235. The van der Waals surface area contributed by atoms with Crippen LogP contribution in [-0.2, 0) is 4.79 Å². The van der Waals surface area contributed by atoms with Gasteiger partial charge in [-0.2, -0.15) is 0 Å². The Hall–Kier alpha value is -4.43. The van der Waals surface area contributed by atoms with Gasteiger partial charge < -0.3 is 25.8 Å². The van der Waals surface area contributed by atoms with Gasteiger partial charge in [-0.15, -0.1) is 0 Å². The first kappa shape index (κ1) is 30.5. The van der Waals surface area contributed by atoms with Crippen molar-refractivity contribution in [2.24, 2.45) is 0 Å². The zero-order valence-corrected chi connectivity index (χ0v) is 25.0. The summed E-state index contributed by atoms with van der Waals surface area (Å²) in [6, 6.07) is 22.2. The molecule has 0 atom stereocenters. The van der Waals surface area contributed by atoms with E-state index in [1.165, 1.54) is 0 Å². The smallest absolute Gasteiger partial charge is 0.258 e. The van der Waals surface area contributed by atoms with E-state index in [-0.39, 0.29) is 17.7 Å². The molecule has 0 spiro atoms. The van der Waals surface area contributed by atoms with Gasteiger partial charge in [0.2, 0.25) is 0 Å². The van der Waals surface area contributed by atoms with Gasteiger partial charge in [-0.25, -0.2) is 0 Å². The normalized spacial score (nSPS) is 13.4. The van der Waals surface area contributed by atoms with Gasteiger partial charge in [0.25, 0.3) is 17.7 Å². The molecule has 8 nitrogen and oxygen atoms in total. The molecule has 0 fully saturated rings. The monoisotopic (exact) mass is 567 g/mol. The minimum absolute atomic E-state index is 0.0786.